The van der Waals surface area contributed by atoms with Crippen molar-refractivity contribution in [2.75, 3.05) is 13.1 Å². The molecule has 0 unspecified atom stereocenters. The summed E-state index contributed by atoms with van der Waals surface area (Å²) < 4.78 is 0. The van der Waals surface area contributed by atoms with E-state index >= 15 is 0 Å². The molecule has 2 fully saturated rings. The van der Waals surface area contributed by atoms with Crippen molar-refractivity contribution in [1.29, 1.82) is 0 Å². The van der Waals surface area contributed by atoms with Gasteiger partial charge in [-0.05, 0) is 31.6 Å². The SMILES string of the molecule is CCC(=O)N1CCC2(CC1)C[C@]2(C)C(=O)O. The van der Waals surface area contributed by atoms with Gasteiger partial charge in [-0.2, -0.15) is 0 Å². The van der Waals surface area contributed by atoms with Crippen molar-refractivity contribution in [3.05, 3.63) is 0 Å². The van der Waals surface area contributed by atoms with E-state index in [2.05, 4.69) is 0 Å². The molecule has 1 aliphatic heterocycles. The maximum Gasteiger partial charge on any atom is 0.309 e. The molecule has 16 heavy (non-hydrogen) atoms. The van der Waals surface area contributed by atoms with Crippen LogP contribution in [0.1, 0.15) is 39.5 Å². The second kappa shape index (κ2) is 3.47. The van der Waals surface area contributed by atoms with E-state index in [1.165, 1.54) is 0 Å². The zero-order chi connectivity index (χ0) is 12.0. The third-order valence-corrected chi connectivity index (χ3v) is 4.59. The lowest BCUT2D eigenvalue weighted by Gasteiger charge is -2.33. The normalized spacial score (nSPS) is 31.5. The van der Waals surface area contributed by atoms with Crippen LogP contribution in [0.15, 0.2) is 0 Å². The maximum atomic E-state index is 11.5. The molecule has 1 N–H and O–H groups in total. The average Bonchev–Trinajstić information content (AvgIpc) is 2.85. The molecule has 1 saturated heterocycles. The van der Waals surface area contributed by atoms with E-state index in [9.17, 15) is 14.7 Å². The van der Waals surface area contributed by atoms with E-state index < -0.39 is 11.4 Å². The van der Waals surface area contributed by atoms with Crippen LogP contribution in [0.2, 0.25) is 0 Å². The van der Waals surface area contributed by atoms with Gasteiger partial charge >= 0.3 is 5.97 Å². The Morgan fingerprint density at radius 3 is 2.25 bits per heavy atom. The Labute approximate surface area is 95.6 Å². The van der Waals surface area contributed by atoms with E-state index in [1.54, 1.807) is 0 Å². The first-order valence-corrected chi connectivity index (χ1v) is 5.96. The highest BCUT2D eigenvalue weighted by molar-refractivity contribution is 5.80. The molecule has 1 amide bonds. The number of hydrogen-bond acceptors (Lipinski definition) is 2. The molecular formula is C12H19NO3. The van der Waals surface area contributed by atoms with Gasteiger partial charge in [-0.3, -0.25) is 9.59 Å². The molecule has 4 heteroatoms. The highest BCUT2D eigenvalue weighted by Gasteiger charge is 2.69. The Kier molecular flexibility index (Phi) is 2.48. The predicted molar refractivity (Wildman–Crippen MR) is 58.9 cm³/mol. The topological polar surface area (TPSA) is 57.6 Å². The van der Waals surface area contributed by atoms with Crippen LogP contribution in [0.5, 0.6) is 0 Å². The lowest BCUT2D eigenvalue weighted by atomic mass is 9.85. The van der Waals surface area contributed by atoms with Crippen molar-refractivity contribution in [2.24, 2.45) is 10.8 Å². The number of carbonyl (C=O) groups excluding carboxylic acids is 1. The largest absolute Gasteiger partial charge is 0.481 e. The summed E-state index contributed by atoms with van der Waals surface area (Å²) >= 11 is 0. The van der Waals surface area contributed by atoms with Crippen molar-refractivity contribution in [3.8, 4) is 0 Å². The van der Waals surface area contributed by atoms with Gasteiger partial charge in [0.15, 0.2) is 0 Å². The van der Waals surface area contributed by atoms with Crippen LogP contribution < -0.4 is 0 Å². The summed E-state index contributed by atoms with van der Waals surface area (Å²) in [7, 11) is 0. The van der Waals surface area contributed by atoms with Crippen LogP contribution in [-0.4, -0.2) is 35.0 Å². The number of carboxylic acids is 1. The highest BCUT2D eigenvalue weighted by Crippen LogP contribution is 2.68. The van der Waals surface area contributed by atoms with Gasteiger partial charge in [-0.15, -0.1) is 0 Å². The van der Waals surface area contributed by atoms with Gasteiger partial charge in [0.2, 0.25) is 5.91 Å². The highest BCUT2D eigenvalue weighted by atomic mass is 16.4. The minimum Gasteiger partial charge on any atom is -0.481 e. The van der Waals surface area contributed by atoms with Crippen molar-refractivity contribution in [2.45, 2.75) is 39.5 Å². The number of piperidine rings is 1. The molecule has 4 nitrogen and oxygen atoms in total. The zero-order valence-electron chi connectivity index (χ0n) is 9.95. The summed E-state index contributed by atoms with van der Waals surface area (Å²) in [6.45, 7) is 5.17. The van der Waals surface area contributed by atoms with Gasteiger partial charge in [-0.1, -0.05) is 6.92 Å². The van der Waals surface area contributed by atoms with Gasteiger partial charge in [0, 0.05) is 19.5 Å². The van der Waals surface area contributed by atoms with Crippen molar-refractivity contribution >= 4 is 11.9 Å². The number of likely N-dealkylation sites (tertiary alicyclic amines) is 1. The molecule has 1 spiro atoms. The molecule has 0 aromatic heterocycles. The molecule has 0 aromatic carbocycles. The smallest absolute Gasteiger partial charge is 0.309 e. The van der Waals surface area contributed by atoms with Crippen LogP contribution >= 0.6 is 0 Å². The fourth-order valence-corrected chi connectivity index (χ4v) is 3.07. The molecule has 1 saturated carbocycles. The Morgan fingerprint density at radius 1 is 1.31 bits per heavy atom. The Hall–Kier alpha value is -1.06. The number of hydrogen-bond donors (Lipinski definition) is 1. The van der Waals surface area contributed by atoms with E-state index in [1.807, 2.05) is 18.7 Å². The molecule has 1 heterocycles. The first-order valence-electron chi connectivity index (χ1n) is 5.96. The van der Waals surface area contributed by atoms with Crippen molar-refractivity contribution in [1.82, 2.24) is 4.90 Å². The summed E-state index contributed by atoms with van der Waals surface area (Å²) in [5.74, 6) is -0.490. The molecule has 2 aliphatic rings. The summed E-state index contributed by atoms with van der Waals surface area (Å²) in [5, 5.41) is 9.17. The standard InChI is InChI=1S/C12H19NO3/c1-3-9(14)13-6-4-12(5-7-13)8-11(12,2)10(15)16/h3-8H2,1-2H3,(H,15,16)/t11-/m1/s1. The van der Waals surface area contributed by atoms with Gasteiger partial charge in [-0.25, -0.2) is 0 Å². The third kappa shape index (κ3) is 1.43. The second-order valence-electron chi connectivity index (χ2n) is 5.33. The quantitative estimate of drug-likeness (QED) is 0.774. The summed E-state index contributed by atoms with van der Waals surface area (Å²) in [6.07, 6.45) is 3.02. The first-order chi connectivity index (χ1) is 7.45. The van der Waals surface area contributed by atoms with Gasteiger partial charge < -0.3 is 10.0 Å². The molecule has 0 bridgehead atoms. The van der Waals surface area contributed by atoms with E-state index in [0.29, 0.717) is 6.42 Å². The average molecular weight is 225 g/mol. The number of carbonyl (C=O) groups is 2. The van der Waals surface area contributed by atoms with Gasteiger partial charge in [0.1, 0.15) is 0 Å². The third-order valence-electron chi connectivity index (χ3n) is 4.59. The predicted octanol–water partition coefficient (Wildman–Crippen LogP) is 1.50. The number of amides is 1. The van der Waals surface area contributed by atoms with Gasteiger partial charge in [0.25, 0.3) is 0 Å². The second-order valence-corrected chi connectivity index (χ2v) is 5.33. The number of rotatable bonds is 2. The van der Waals surface area contributed by atoms with Crippen LogP contribution in [-0.2, 0) is 9.59 Å². The summed E-state index contributed by atoms with van der Waals surface area (Å²) in [5.41, 5.74) is -0.558. The molecule has 0 radical (unpaired) electrons. The molecule has 90 valence electrons. The zero-order valence-corrected chi connectivity index (χ0v) is 9.95. The number of aliphatic carboxylic acids is 1. The number of nitrogens with zero attached hydrogens (tertiary/aromatic N) is 1. The Balaban J connectivity index is 1.97. The molecule has 2 rings (SSSR count). The van der Waals surface area contributed by atoms with Crippen LogP contribution in [0.4, 0.5) is 0 Å². The lowest BCUT2D eigenvalue weighted by Crippen LogP contribution is -2.40. The van der Waals surface area contributed by atoms with Crippen molar-refractivity contribution < 1.29 is 14.7 Å². The van der Waals surface area contributed by atoms with E-state index in [0.717, 1.165) is 32.4 Å². The van der Waals surface area contributed by atoms with Crippen LogP contribution in [0.25, 0.3) is 0 Å². The fraction of sp³-hybridized carbons (Fsp3) is 0.833. The Bertz CT molecular complexity index is 331. The molecular weight excluding hydrogens is 206 g/mol. The summed E-state index contributed by atoms with van der Waals surface area (Å²) in [6, 6.07) is 0. The monoisotopic (exact) mass is 225 g/mol. The maximum absolute atomic E-state index is 11.5. The minimum atomic E-state index is -0.678. The minimum absolute atomic E-state index is 0.0244. The molecule has 1 aliphatic carbocycles. The van der Waals surface area contributed by atoms with Crippen LogP contribution in [0.3, 0.4) is 0 Å². The summed E-state index contributed by atoms with van der Waals surface area (Å²) in [4.78, 5) is 24.5. The molecule has 0 aromatic rings. The van der Waals surface area contributed by atoms with Gasteiger partial charge in [0.05, 0.1) is 5.41 Å². The van der Waals surface area contributed by atoms with Crippen LogP contribution in [0, 0.1) is 10.8 Å². The van der Waals surface area contributed by atoms with E-state index in [4.69, 9.17) is 0 Å². The number of carboxylic acid groups (broad SMARTS) is 1. The molecule has 1 atom stereocenters. The van der Waals surface area contributed by atoms with E-state index in [-0.39, 0.29) is 11.3 Å². The Morgan fingerprint density at radius 2 is 1.88 bits per heavy atom. The van der Waals surface area contributed by atoms with Crippen molar-refractivity contribution in [3.63, 3.8) is 0 Å². The fourth-order valence-electron chi connectivity index (χ4n) is 3.07. The first kappa shape index (κ1) is 11.4. The lowest BCUT2D eigenvalue weighted by molar-refractivity contribution is -0.144.